The van der Waals surface area contributed by atoms with E-state index in [0.717, 1.165) is 0 Å². The summed E-state index contributed by atoms with van der Waals surface area (Å²) in [6, 6.07) is 8.69. The van der Waals surface area contributed by atoms with E-state index in [2.05, 4.69) is 21.2 Å². The number of carbonyl (C=O) groups excluding carboxylic acids is 1. The molecular formula is C14H11BrClFN2O2. The van der Waals surface area contributed by atoms with Crippen LogP contribution in [0.4, 0.5) is 15.8 Å². The third-order valence-corrected chi connectivity index (χ3v) is 3.40. The van der Waals surface area contributed by atoms with Gasteiger partial charge in [-0.2, -0.15) is 0 Å². The Bertz CT molecular complexity index is 682. The fourth-order valence-corrected chi connectivity index (χ4v) is 2.22. The number of nitrogens with one attached hydrogen (secondary N) is 1. The normalized spacial score (nSPS) is 10.2. The van der Waals surface area contributed by atoms with Crippen LogP contribution in [0.15, 0.2) is 40.9 Å². The zero-order valence-electron chi connectivity index (χ0n) is 10.7. The van der Waals surface area contributed by atoms with Crippen molar-refractivity contribution in [3.05, 3.63) is 51.7 Å². The van der Waals surface area contributed by atoms with Crippen molar-refractivity contribution in [2.45, 2.75) is 0 Å². The molecule has 0 unspecified atom stereocenters. The Balaban J connectivity index is 1.96. The van der Waals surface area contributed by atoms with Crippen molar-refractivity contribution in [1.29, 1.82) is 0 Å². The molecule has 0 aliphatic carbocycles. The van der Waals surface area contributed by atoms with E-state index in [1.54, 1.807) is 12.1 Å². The summed E-state index contributed by atoms with van der Waals surface area (Å²) in [5.74, 6) is -0.413. The summed E-state index contributed by atoms with van der Waals surface area (Å²) in [6.45, 7) is -0.230. The van der Waals surface area contributed by atoms with Gasteiger partial charge in [-0.15, -0.1) is 0 Å². The molecule has 2 rings (SSSR count). The molecule has 0 saturated carbocycles. The number of carbonyl (C=O) groups is 1. The van der Waals surface area contributed by atoms with Gasteiger partial charge in [0.1, 0.15) is 11.6 Å². The first-order valence-corrected chi connectivity index (χ1v) is 7.05. The van der Waals surface area contributed by atoms with Crippen LogP contribution in [0, 0.1) is 5.82 Å². The van der Waals surface area contributed by atoms with Crippen LogP contribution in [0.3, 0.4) is 0 Å². The van der Waals surface area contributed by atoms with Gasteiger partial charge in [0.25, 0.3) is 5.91 Å². The molecule has 0 bridgehead atoms. The summed E-state index contributed by atoms with van der Waals surface area (Å²) in [5.41, 5.74) is 6.54. The van der Waals surface area contributed by atoms with Gasteiger partial charge in [0.15, 0.2) is 6.61 Å². The summed E-state index contributed by atoms with van der Waals surface area (Å²) < 4.78 is 18.7. The van der Waals surface area contributed by atoms with Crippen LogP contribution in [0.1, 0.15) is 0 Å². The number of hydrogen-bond donors (Lipinski definition) is 2. The largest absolute Gasteiger partial charge is 0.483 e. The van der Waals surface area contributed by atoms with Crippen molar-refractivity contribution >= 4 is 44.8 Å². The van der Waals surface area contributed by atoms with Gasteiger partial charge in [0.05, 0.1) is 15.8 Å². The molecule has 1 amide bonds. The predicted octanol–water partition coefficient (Wildman–Crippen LogP) is 3.84. The average molecular weight is 374 g/mol. The molecule has 0 heterocycles. The smallest absolute Gasteiger partial charge is 0.262 e. The third-order valence-electron chi connectivity index (χ3n) is 2.54. The minimum Gasteiger partial charge on any atom is -0.483 e. The third kappa shape index (κ3) is 4.34. The SMILES string of the molecule is Nc1cc(Cl)ccc1NC(=O)COc1ccc(F)cc1Br. The summed E-state index contributed by atoms with van der Waals surface area (Å²) >= 11 is 8.92. The summed E-state index contributed by atoms with van der Waals surface area (Å²) in [6.07, 6.45) is 0. The van der Waals surface area contributed by atoms with Crippen LogP contribution in [-0.4, -0.2) is 12.5 Å². The fraction of sp³-hybridized carbons (Fsp3) is 0.0714. The van der Waals surface area contributed by atoms with E-state index in [9.17, 15) is 9.18 Å². The molecule has 4 nitrogen and oxygen atoms in total. The highest BCUT2D eigenvalue weighted by Crippen LogP contribution is 2.26. The van der Waals surface area contributed by atoms with E-state index in [-0.39, 0.29) is 12.5 Å². The first kappa shape index (κ1) is 15.6. The highest BCUT2D eigenvalue weighted by atomic mass is 79.9. The first-order valence-electron chi connectivity index (χ1n) is 5.88. The van der Waals surface area contributed by atoms with Gasteiger partial charge in [-0.1, -0.05) is 11.6 Å². The monoisotopic (exact) mass is 372 g/mol. The fourth-order valence-electron chi connectivity index (χ4n) is 1.57. The van der Waals surface area contributed by atoms with Gasteiger partial charge >= 0.3 is 0 Å². The molecule has 0 radical (unpaired) electrons. The molecule has 2 aromatic carbocycles. The van der Waals surface area contributed by atoms with Crippen LogP contribution in [0.2, 0.25) is 5.02 Å². The molecular weight excluding hydrogens is 363 g/mol. The standard InChI is InChI=1S/C14H11BrClFN2O2/c15-10-6-9(17)2-4-13(10)21-7-14(20)19-12-3-1-8(16)5-11(12)18/h1-6H,7,18H2,(H,19,20). The second kappa shape index (κ2) is 6.78. The second-order valence-electron chi connectivity index (χ2n) is 4.14. The van der Waals surface area contributed by atoms with Gasteiger partial charge in [0.2, 0.25) is 0 Å². The van der Waals surface area contributed by atoms with Crippen molar-refractivity contribution in [2.75, 3.05) is 17.7 Å². The molecule has 0 saturated heterocycles. The Morgan fingerprint density at radius 1 is 1.33 bits per heavy atom. The molecule has 21 heavy (non-hydrogen) atoms. The Kier molecular flexibility index (Phi) is 5.03. The van der Waals surface area contributed by atoms with Gasteiger partial charge in [-0.25, -0.2) is 4.39 Å². The van der Waals surface area contributed by atoms with E-state index < -0.39 is 5.82 Å². The topological polar surface area (TPSA) is 64.3 Å². The van der Waals surface area contributed by atoms with E-state index in [1.807, 2.05) is 0 Å². The maximum absolute atomic E-state index is 12.9. The zero-order valence-corrected chi connectivity index (χ0v) is 13.0. The number of ether oxygens (including phenoxy) is 1. The molecule has 0 fully saturated rings. The maximum atomic E-state index is 12.9. The lowest BCUT2D eigenvalue weighted by Crippen LogP contribution is -2.20. The van der Waals surface area contributed by atoms with E-state index in [4.69, 9.17) is 22.1 Å². The van der Waals surface area contributed by atoms with Crippen molar-refractivity contribution in [1.82, 2.24) is 0 Å². The van der Waals surface area contributed by atoms with Gasteiger partial charge in [-0.05, 0) is 52.3 Å². The van der Waals surface area contributed by atoms with Crippen LogP contribution >= 0.6 is 27.5 Å². The molecule has 0 aliphatic heterocycles. The van der Waals surface area contributed by atoms with Crippen LogP contribution < -0.4 is 15.8 Å². The molecule has 2 aromatic rings. The Morgan fingerprint density at radius 2 is 2.10 bits per heavy atom. The summed E-state index contributed by atoms with van der Waals surface area (Å²) in [4.78, 5) is 11.8. The van der Waals surface area contributed by atoms with Crippen LogP contribution in [0.5, 0.6) is 5.75 Å². The van der Waals surface area contributed by atoms with Crippen molar-refractivity contribution in [3.8, 4) is 5.75 Å². The summed E-state index contributed by atoms with van der Waals surface area (Å²) in [5, 5.41) is 3.08. The molecule has 110 valence electrons. The highest BCUT2D eigenvalue weighted by Gasteiger charge is 2.08. The number of nitrogens with two attached hydrogens (primary N) is 1. The van der Waals surface area contributed by atoms with Gasteiger partial charge < -0.3 is 15.8 Å². The minimum atomic E-state index is -0.396. The first-order chi connectivity index (χ1) is 9.95. The number of amides is 1. The van der Waals surface area contributed by atoms with E-state index in [0.29, 0.717) is 26.6 Å². The minimum absolute atomic E-state index is 0.230. The predicted molar refractivity (Wildman–Crippen MR) is 84.1 cm³/mol. The number of nitrogen functional groups attached to an aromatic ring is 1. The van der Waals surface area contributed by atoms with E-state index in [1.165, 1.54) is 24.3 Å². The van der Waals surface area contributed by atoms with Gasteiger partial charge in [-0.3, -0.25) is 4.79 Å². The van der Waals surface area contributed by atoms with E-state index >= 15 is 0 Å². The Morgan fingerprint density at radius 3 is 2.76 bits per heavy atom. The molecule has 3 N–H and O–H groups in total. The van der Waals surface area contributed by atoms with Crippen molar-refractivity contribution < 1.29 is 13.9 Å². The quantitative estimate of drug-likeness (QED) is 0.800. The van der Waals surface area contributed by atoms with Gasteiger partial charge in [0, 0.05) is 5.02 Å². The Labute approximate surface area is 134 Å². The molecule has 7 heteroatoms. The number of halogens is 3. The number of rotatable bonds is 4. The number of benzene rings is 2. The average Bonchev–Trinajstić information content (AvgIpc) is 2.41. The maximum Gasteiger partial charge on any atom is 0.262 e. The van der Waals surface area contributed by atoms with Crippen LogP contribution in [0.25, 0.3) is 0 Å². The highest BCUT2D eigenvalue weighted by molar-refractivity contribution is 9.10. The lowest BCUT2D eigenvalue weighted by atomic mass is 10.2. The number of anilines is 2. The lowest BCUT2D eigenvalue weighted by Gasteiger charge is -2.10. The molecule has 0 aliphatic rings. The van der Waals surface area contributed by atoms with Crippen molar-refractivity contribution in [3.63, 3.8) is 0 Å². The van der Waals surface area contributed by atoms with Crippen molar-refractivity contribution in [2.24, 2.45) is 0 Å². The Hall–Kier alpha value is -1.79. The lowest BCUT2D eigenvalue weighted by molar-refractivity contribution is -0.118. The summed E-state index contributed by atoms with van der Waals surface area (Å²) in [7, 11) is 0. The molecule has 0 spiro atoms. The van der Waals surface area contributed by atoms with Crippen LogP contribution in [-0.2, 0) is 4.79 Å². The molecule has 0 aromatic heterocycles. The number of hydrogen-bond acceptors (Lipinski definition) is 3. The molecule has 0 atom stereocenters. The second-order valence-corrected chi connectivity index (χ2v) is 5.43. The zero-order chi connectivity index (χ0) is 15.4.